The van der Waals surface area contributed by atoms with Crippen LogP contribution in [-0.2, 0) is 9.53 Å². The van der Waals surface area contributed by atoms with Gasteiger partial charge in [0.2, 0.25) is 0 Å². The Morgan fingerprint density at radius 1 is 1.50 bits per heavy atom. The summed E-state index contributed by atoms with van der Waals surface area (Å²) in [6.07, 6.45) is -0.870. The molecule has 1 rings (SSSR count). The highest BCUT2D eigenvalue weighted by atomic mass is 35.5. The summed E-state index contributed by atoms with van der Waals surface area (Å²) in [7, 11) is 1.54. The number of esters is 1. The number of carbonyl (C=O) groups excluding carboxylic acids is 1. The van der Waals surface area contributed by atoms with Crippen LogP contribution in [0.3, 0.4) is 0 Å². The third-order valence-electron chi connectivity index (χ3n) is 2.72. The Labute approximate surface area is 123 Å². The number of nitrogens with one attached hydrogen (secondary N) is 1. The van der Waals surface area contributed by atoms with Crippen LogP contribution in [0.2, 0.25) is 5.02 Å². The van der Waals surface area contributed by atoms with E-state index in [0.29, 0.717) is 17.4 Å². The fourth-order valence-corrected chi connectivity index (χ4v) is 1.84. The van der Waals surface area contributed by atoms with Crippen molar-refractivity contribution in [2.75, 3.05) is 25.6 Å². The molecule has 0 radical (unpaired) electrons. The maximum absolute atomic E-state index is 11.2. The van der Waals surface area contributed by atoms with Gasteiger partial charge in [-0.1, -0.05) is 11.6 Å². The molecule has 2 N–H and O–H groups in total. The molecule has 0 aliphatic rings. The largest absolute Gasteiger partial charge is 0.495 e. The van der Waals surface area contributed by atoms with Gasteiger partial charge < -0.3 is 19.9 Å². The molecule has 112 valence electrons. The Hall–Kier alpha value is -1.46. The number of aliphatic hydroxyl groups is 1. The number of ether oxygens (including phenoxy) is 2. The molecule has 0 saturated heterocycles. The van der Waals surface area contributed by atoms with Crippen molar-refractivity contribution in [3.63, 3.8) is 0 Å². The van der Waals surface area contributed by atoms with Gasteiger partial charge in [-0.15, -0.1) is 0 Å². The first-order valence-electron chi connectivity index (χ1n) is 6.39. The molecule has 0 fully saturated rings. The second kappa shape index (κ2) is 7.97. The van der Waals surface area contributed by atoms with Crippen molar-refractivity contribution >= 4 is 23.3 Å². The molecule has 0 bridgehead atoms. The van der Waals surface area contributed by atoms with E-state index in [1.165, 1.54) is 0 Å². The quantitative estimate of drug-likeness (QED) is 0.757. The summed E-state index contributed by atoms with van der Waals surface area (Å²) < 4.78 is 9.99. The molecule has 0 saturated carbocycles. The molecule has 0 aromatic heterocycles. The average molecular weight is 302 g/mol. The van der Waals surface area contributed by atoms with Crippen molar-refractivity contribution in [3.05, 3.63) is 22.7 Å². The van der Waals surface area contributed by atoms with Gasteiger partial charge >= 0.3 is 5.97 Å². The van der Waals surface area contributed by atoms with Gasteiger partial charge in [0.25, 0.3) is 0 Å². The number of hydrogen-bond donors (Lipinski definition) is 2. The molecule has 0 amide bonds. The highest BCUT2D eigenvalue weighted by Gasteiger charge is 2.13. The Morgan fingerprint density at radius 3 is 2.80 bits per heavy atom. The molecule has 0 aliphatic heterocycles. The fraction of sp³-hybridized carbons (Fsp3) is 0.500. The van der Waals surface area contributed by atoms with E-state index < -0.39 is 12.1 Å². The van der Waals surface area contributed by atoms with Crippen molar-refractivity contribution in [3.8, 4) is 5.75 Å². The van der Waals surface area contributed by atoms with Crippen LogP contribution < -0.4 is 10.1 Å². The topological polar surface area (TPSA) is 67.8 Å². The molecular formula is C14H20ClNO4. The molecule has 6 heteroatoms. The Bertz CT molecular complexity index is 465. The van der Waals surface area contributed by atoms with Gasteiger partial charge in [0, 0.05) is 17.6 Å². The first kappa shape index (κ1) is 16.6. The van der Waals surface area contributed by atoms with Gasteiger partial charge in [0.05, 0.1) is 31.9 Å². The zero-order valence-corrected chi connectivity index (χ0v) is 12.7. The van der Waals surface area contributed by atoms with Crippen molar-refractivity contribution in [1.29, 1.82) is 0 Å². The number of hydrogen-bond acceptors (Lipinski definition) is 5. The summed E-state index contributed by atoms with van der Waals surface area (Å²) in [5, 5.41) is 13.4. The van der Waals surface area contributed by atoms with Crippen LogP contribution >= 0.6 is 11.6 Å². The minimum atomic E-state index is -0.824. The second-order valence-corrected chi connectivity index (χ2v) is 4.75. The number of carbonyl (C=O) groups is 1. The van der Waals surface area contributed by atoms with E-state index >= 15 is 0 Å². The predicted molar refractivity (Wildman–Crippen MR) is 78.5 cm³/mol. The van der Waals surface area contributed by atoms with Gasteiger partial charge in [-0.3, -0.25) is 4.79 Å². The zero-order chi connectivity index (χ0) is 15.1. The maximum Gasteiger partial charge on any atom is 0.308 e. The SMILES string of the molecule is CCOC(=O)CC(O)CNc1cc(C)c(Cl)cc1OC. The molecular weight excluding hydrogens is 282 g/mol. The molecule has 1 aromatic rings. The molecule has 1 unspecified atom stereocenters. The van der Waals surface area contributed by atoms with Crippen molar-refractivity contribution < 1.29 is 19.4 Å². The molecule has 0 spiro atoms. The summed E-state index contributed by atoms with van der Waals surface area (Å²) in [6.45, 7) is 4.13. The number of methoxy groups -OCH3 is 1. The minimum Gasteiger partial charge on any atom is -0.495 e. The maximum atomic E-state index is 11.2. The summed E-state index contributed by atoms with van der Waals surface area (Å²) in [6, 6.07) is 3.54. The number of halogens is 1. The predicted octanol–water partition coefficient (Wildman–Crippen LogP) is 2.38. The average Bonchev–Trinajstić information content (AvgIpc) is 2.39. The highest BCUT2D eigenvalue weighted by Crippen LogP contribution is 2.30. The lowest BCUT2D eigenvalue weighted by molar-refractivity contribution is -0.145. The van der Waals surface area contributed by atoms with Crippen LogP contribution in [-0.4, -0.2) is 37.4 Å². The number of aryl methyl sites for hydroxylation is 1. The Kier molecular flexibility index (Phi) is 6.61. The first-order chi connectivity index (χ1) is 9.47. The van der Waals surface area contributed by atoms with Crippen molar-refractivity contribution in [2.45, 2.75) is 26.4 Å². The number of benzene rings is 1. The molecule has 20 heavy (non-hydrogen) atoms. The highest BCUT2D eigenvalue weighted by molar-refractivity contribution is 6.31. The smallest absolute Gasteiger partial charge is 0.308 e. The molecule has 0 heterocycles. The van der Waals surface area contributed by atoms with Gasteiger partial charge in [-0.2, -0.15) is 0 Å². The second-order valence-electron chi connectivity index (χ2n) is 4.35. The summed E-state index contributed by atoms with van der Waals surface area (Å²) in [5.74, 6) is 0.171. The van der Waals surface area contributed by atoms with E-state index in [0.717, 1.165) is 11.3 Å². The standard InChI is InChI=1S/C14H20ClNO4/c1-4-20-14(18)6-10(17)8-16-12-5-9(2)11(15)7-13(12)19-3/h5,7,10,16-17H,4,6,8H2,1-3H3. The minimum absolute atomic E-state index is 0.0459. The van der Waals surface area contributed by atoms with Crippen molar-refractivity contribution in [2.24, 2.45) is 0 Å². The molecule has 1 atom stereocenters. The van der Waals surface area contributed by atoms with E-state index in [2.05, 4.69) is 5.32 Å². The van der Waals surface area contributed by atoms with Crippen LogP contribution in [0.15, 0.2) is 12.1 Å². The van der Waals surface area contributed by atoms with Gasteiger partial charge in [0.15, 0.2) is 0 Å². The van der Waals surface area contributed by atoms with E-state index in [4.69, 9.17) is 21.1 Å². The monoisotopic (exact) mass is 301 g/mol. The third-order valence-corrected chi connectivity index (χ3v) is 3.12. The Balaban J connectivity index is 2.61. The van der Waals surface area contributed by atoms with Crippen molar-refractivity contribution in [1.82, 2.24) is 0 Å². The fourth-order valence-electron chi connectivity index (χ4n) is 1.68. The van der Waals surface area contributed by atoms with Crippen LogP contribution in [0.1, 0.15) is 18.9 Å². The summed E-state index contributed by atoms with van der Waals surface area (Å²) >= 11 is 6.01. The third kappa shape index (κ3) is 4.90. The van der Waals surface area contributed by atoms with Crippen LogP contribution in [0.5, 0.6) is 5.75 Å². The number of rotatable bonds is 7. The lowest BCUT2D eigenvalue weighted by atomic mass is 10.2. The molecule has 0 aliphatic carbocycles. The van der Waals surface area contributed by atoms with E-state index in [1.807, 2.05) is 13.0 Å². The number of anilines is 1. The van der Waals surface area contributed by atoms with Crippen LogP contribution in [0.25, 0.3) is 0 Å². The molecule has 1 aromatic carbocycles. The van der Waals surface area contributed by atoms with Gasteiger partial charge in [-0.05, 0) is 25.5 Å². The Morgan fingerprint density at radius 2 is 2.20 bits per heavy atom. The normalized spacial score (nSPS) is 11.8. The lowest BCUT2D eigenvalue weighted by Gasteiger charge is -2.15. The van der Waals surface area contributed by atoms with Gasteiger partial charge in [-0.25, -0.2) is 0 Å². The lowest BCUT2D eigenvalue weighted by Crippen LogP contribution is -2.24. The van der Waals surface area contributed by atoms with E-state index in [9.17, 15) is 9.90 Å². The van der Waals surface area contributed by atoms with E-state index in [-0.39, 0.29) is 13.0 Å². The summed E-state index contributed by atoms with van der Waals surface area (Å²) in [4.78, 5) is 11.2. The van der Waals surface area contributed by atoms with Crippen LogP contribution in [0, 0.1) is 6.92 Å². The molecule has 5 nitrogen and oxygen atoms in total. The number of aliphatic hydroxyl groups excluding tert-OH is 1. The summed E-state index contributed by atoms with van der Waals surface area (Å²) in [5.41, 5.74) is 1.62. The van der Waals surface area contributed by atoms with E-state index in [1.54, 1.807) is 20.1 Å². The zero-order valence-electron chi connectivity index (χ0n) is 11.9. The first-order valence-corrected chi connectivity index (χ1v) is 6.77. The van der Waals surface area contributed by atoms with Gasteiger partial charge in [0.1, 0.15) is 5.75 Å². The van der Waals surface area contributed by atoms with Crippen LogP contribution in [0.4, 0.5) is 5.69 Å².